The van der Waals surface area contributed by atoms with Gasteiger partial charge in [0, 0.05) is 5.56 Å². The lowest BCUT2D eigenvalue weighted by atomic mass is 9.77. The van der Waals surface area contributed by atoms with E-state index >= 15 is 0 Å². The first-order valence-electron chi connectivity index (χ1n) is 18.5. The van der Waals surface area contributed by atoms with Gasteiger partial charge in [0.2, 0.25) is 11.8 Å². The molecule has 0 saturated heterocycles. The number of ether oxygens (including phenoxy) is 1. The fraction of sp³-hybridized carbons (Fsp3) is 0.244. The highest BCUT2D eigenvalue weighted by atomic mass is 16.5. The Kier molecular flexibility index (Phi) is 10.4. The summed E-state index contributed by atoms with van der Waals surface area (Å²) in [5.41, 5.74) is 5.14. The number of aromatic nitrogens is 4. The van der Waals surface area contributed by atoms with E-state index in [2.05, 4.69) is 84.9 Å². The second-order valence-electron chi connectivity index (χ2n) is 14.0. The smallest absolute Gasteiger partial charge is 0.378 e. The van der Waals surface area contributed by atoms with Crippen molar-refractivity contribution < 1.29 is 19.2 Å². The van der Waals surface area contributed by atoms with Crippen LogP contribution in [-0.2, 0) is 21.6 Å². The maximum Gasteiger partial charge on any atom is 0.378 e. The molecule has 6 aromatic rings. The minimum atomic E-state index is -1.24. The summed E-state index contributed by atoms with van der Waals surface area (Å²) >= 11 is 0. The van der Waals surface area contributed by atoms with Crippen molar-refractivity contribution in [2.24, 2.45) is 4.99 Å². The van der Waals surface area contributed by atoms with Gasteiger partial charge in [-0.25, -0.2) is 14.1 Å². The molecule has 2 heterocycles. The Labute approximate surface area is 316 Å². The van der Waals surface area contributed by atoms with Crippen LogP contribution in [0.2, 0.25) is 0 Å². The quantitative estimate of drug-likeness (QED) is 0.0746. The van der Waals surface area contributed by atoms with Gasteiger partial charge < -0.3 is 9.84 Å². The monoisotopic (exact) mass is 717 g/mol. The van der Waals surface area contributed by atoms with Crippen molar-refractivity contribution in [1.29, 1.82) is 0 Å². The van der Waals surface area contributed by atoms with Gasteiger partial charge in [0.1, 0.15) is 17.7 Å². The summed E-state index contributed by atoms with van der Waals surface area (Å²) in [6.45, 7) is 7.87. The van der Waals surface area contributed by atoms with Crippen molar-refractivity contribution in [3.05, 3.63) is 162 Å². The highest BCUT2D eigenvalue weighted by Gasteiger charge is 2.49. The lowest BCUT2D eigenvalue weighted by molar-refractivity contribution is -0.426. The number of aliphatic imine (C=N–C) groups is 1. The molecule has 54 heavy (non-hydrogen) atoms. The summed E-state index contributed by atoms with van der Waals surface area (Å²) < 4.78 is 9.35. The molecule has 0 spiro atoms. The van der Waals surface area contributed by atoms with Crippen LogP contribution in [0, 0.1) is 0 Å². The van der Waals surface area contributed by atoms with Gasteiger partial charge in [-0.3, -0.25) is 0 Å². The second kappa shape index (κ2) is 15.5. The van der Waals surface area contributed by atoms with Crippen LogP contribution in [0.1, 0.15) is 62.8 Å². The molecule has 1 atom stereocenters. The number of tetrazole rings is 1. The summed E-state index contributed by atoms with van der Waals surface area (Å²) in [6.07, 6.45) is 1.52. The Hall–Kier alpha value is -6.06. The Morgan fingerprint density at radius 2 is 1.30 bits per heavy atom. The van der Waals surface area contributed by atoms with E-state index < -0.39 is 23.2 Å². The molecule has 0 bridgehead atoms. The lowest BCUT2D eigenvalue weighted by Crippen LogP contribution is -2.45. The number of carbonyl (C=O) groups is 1. The molecule has 7 rings (SSSR count). The van der Waals surface area contributed by atoms with Crippen LogP contribution in [0.4, 0.5) is 0 Å². The van der Waals surface area contributed by atoms with Gasteiger partial charge in [0.15, 0.2) is 5.82 Å². The van der Waals surface area contributed by atoms with E-state index in [-0.39, 0.29) is 6.61 Å². The molecular formula is C45H45N6O3+. The van der Waals surface area contributed by atoms with Crippen LogP contribution >= 0.6 is 0 Å². The Balaban J connectivity index is 1.32. The molecule has 9 nitrogen and oxygen atoms in total. The molecule has 1 unspecified atom stereocenters. The number of hydrogen-bond donors (Lipinski definition) is 1. The van der Waals surface area contributed by atoms with E-state index in [0.29, 0.717) is 24.5 Å². The average Bonchev–Trinajstić information content (AvgIpc) is 3.83. The Bertz CT molecular complexity index is 2180. The molecule has 0 fully saturated rings. The molecular weight excluding hydrogens is 673 g/mol. The van der Waals surface area contributed by atoms with Gasteiger partial charge in [-0.1, -0.05) is 151 Å². The number of carbonyl (C=O) groups excluding carboxylic acids is 1. The van der Waals surface area contributed by atoms with Crippen LogP contribution in [0.3, 0.4) is 0 Å². The van der Waals surface area contributed by atoms with E-state index in [1.807, 2.05) is 76.0 Å². The minimum Gasteiger partial charge on any atom is -0.460 e. The molecule has 0 amide bonds. The molecule has 0 saturated carbocycles. The first kappa shape index (κ1) is 36.3. The molecule has 9 heteroatoms. The fourth-order valence-corrected chi connectivity index (χ4v) is 7.47. The van der Waals surface area contributed by atoms with Gasteiger partial charge >= 0.3 is 5.97 Å². The third-order valence-electron chi connectivity index (χ3n) is 9.90. The van der Waals surface area contributed by atoms with Crippen molar-refractivity contribution in [2.45, 2.75) is 64.3 Å². The number of amidine groups is 1. The zero-order chi connectivity index (χ0) is 37.7. The topological polar surface area (TPSA) is 106 Å². The standard InChI is InChI=1S/C45H45N6O3/c1-5-18-39-46-41(44(3,4)53)40(43(52)54-6-2)50(39)31-32-27-29-33(30-28-32)37-25-16-17-26-38(37)42-47-48-49-51(42)45(34-19-10-7-11-20-34,35-21-12-8-13-22-35)36-23-14-9-15-24-36/h7-17,19-30,41,53H,5-6,18,31H2,1-4H3/q+1. The summed E-state index contributed by atoms with van der Waals surface area (Å²) in [5.74, 6) is 0.933. The maximum atomic E-state index is 13.3. The number of aliphatic hydroxyl groups is 1. The van der Waals surface area contributed by atoms with Gasteiger partial charge in [-0.05, 0) is 71.0 Å². The first-order valence-corrected chi connectivity index (χ1v) is 18.5. The molecule has 5 aromatic carbocycles. The maximum absolute atomic E-state index is 13.3. The third-order valence-corrected chi connectivity index (χ3v) is 9.90. The van der Waals surface area contributed by atoms with Crippen molar-refractivity contribution in [2.75, 3.05) is 6.61 Å². The van der Waals surface area contributed by atoms with E-state index in [0.717, 1.165) is 51.2 Å². The van der Waals surface area contributed by atoms with Gasteiger partial charge in [0.25, 0.3) is 5.84 Å². The number of rotatable bonds is 13. The molecule has 0 aliphatic carbocycles. The number of benzene rings is 5. The highest BCUT2D eigenvalue weighted by Crippen LogP contribution is 2.43. The normalized spacial score (nSPS) is 14.6. The number of nitrogens with zero attached hydrogens (tertiary/aromatic N) is 6. The van der Waals surface area contributed by atoms with E-state index in [4.69, 9.17) is 20.0 Å². The molecule has 1 aliphatic heterocycles. The second-order valence-corrected chi connectivity index (χ2v) is 14.0. The number of esters is 1. The van der Waals surface area contributed by atoms with Crippen molar-refractivity contribution in [3.63, 3.8) is 0 Å². The first-order chi connectivity index (χ1) is 26.3. The van der Waals surface area contributed by atoms with Crippen LogP contribution in [0.25, 0.3) is 22.5 Å². The zero-order valence-corrected chi connectivity index (χ0v) is 31.1. The van der Waals surface area contributed by atoms with E-state index in [1.54, 1.807) is 20.8 Å². The van der Waals surface area contributed by atoms with E-state index in [9.17, 15) is 9.90 Å². The Morgan fingerprint density at radius 1 is 0.759 bits per heavy atom. The van der Waals surface area contributed by atoms with Gasteiger partial charge in [0.05, 0.1) is 13.0 Å². The minimum absolute atomic E-state index is 0.235. The molecule has 1 aliphatic rings. The fourth-order valence-electron chi connectivity index (χ4n) is 7.47. The predicted octanol–water partition coefficient (Wildman–Crippen LogP) is 7.72. The van der Waals surface area contributed by atoms with Crippen LogP contribution in [-0.4, -0.2) is 65.7 Å². The Morgan fingerprint density at radius 3 is 1.81 bits per heavy atom. The highest BCUT2D eigenvalue weighted by molar-refractivity contribution is 6.38. The van der Waals surface area contributed by atoms with Crippen LogP contribution in [0.15, 0.2) is 145 Å². The summed E-state index contributed by atoms with van der Waals surface area (Å²) in [5, 5.41) is 24.8. The van der Waals surface area contributed by atoms with E-state index in [1.165, 1.54) is 0 Å². The number of hydrogen-bond acceptors (Lipinski definition) is 7. The summed E-state index contributed by atoms with van der Waals surface area (Å²) in [6, 6.07) is 46.9. The van der Waals surface area contributed by atoms with Gasteiger partial charge in [-0.15, -0.1) is 5.10 Å². The molecule has 1 aromatic heterocycles. The summed E-state index contributed by atoms with van der Waals surface area (Å²) in [4.78, 5) is 18.2. The third kappa shape index (κ3) is 6.78. The molecule has 0 radical (unpaired) electrons. The van der Waals surface area contributed by atoms with Crippen LogP contribution < -0.4 is 0 Å². The van der Waals surface area contributed by atoms with Crippen molar-refractivity contribution in [1.82, 2.24) is 20.2 Å². The molecule has 1 N–H and O–H groups in total. The summed E-state index contributed by atoms with van der Waals surface area (Å²) in [7, 11) is 0. The van der Waals surface area contributed by atoms with Crippen LogP contribution in [0.5, 0.6) is 0 Å². The predicted molar refractivity (Wildman–Crippen MR) is 211 cm³/mol. The molecule has 272 valence electrons. The zero-order valence-electron chi connectivity index (χ0n) is 31.1. The van der Waals surface area contributed by atoms with Crippen molar-refractivity contribution in [3.8, 4) is 22.5 Å². The largest absolute Gasteiger partial charge is 0.460 e. The average molecular weight is 718 g/mol. The van der Waals surface area contributed by atoms with Gasteiger partial charge in [-0.2, -0.15) is 0 Å². The SMILES string of the molecule is CCCC1=NC(C(C)(C)O)C(C(=O)OCC)=[N+]1Cc1ccc(-c2ccccc2-c2nnnn2C(c2ccccc2)(c2ccccc2)c2ccccc2)cc1. The lowest BCUT2D eigenvalue weighted by Gasteiger charge is -2.36. The van der Waals surface area contributed by atoms with Crippen molar-refractivity contribution >= 4 is 17.5 Å².